The van der Waals surface area contributed by atoms with E-state index in [0.717, 1.165) is 43.9 Å². The summed E-state index contributed by atoms with van der Waals surface area (Å²) < 4.78 is 20.3. The maximum Gasteiger partial charge on any atom is 0.254 e. The van der Waals surface area contributed by atoms with Crippen molar-refractivity contribution in [3.63, 3.8) is 0 Å². The molecule has 29 heavy (non-hydrogen) atoms. The summed E-state index contributed by atoms with van der Waals surface area (Å²) in [4.78, 5) is 23.7. The van der Waals surface area contributed by atoms with Crippen molar-refractivity contribution in [2.24, 2.45) is 11.8 Å². The van der Waals surface area contributed by atoms with Gasteiger partial charge in [-0.15, -0.1) is 0 Å². The molecule has 1 aromatic carbocycles. The predicted molar refractivity (Wildman–Crippen MR) is 106 cm³/mol. The maximum atomic E-state index is 13.9. The van der Waals surface area contributed by atoms with E-state index in [1.165, 1.54) is 12.1 Å². The topological polar surface area (TPSA) is 67.4 Å². The Labute approximate surface area is 169 Å². The van der Waals surface area contributed by atoms with Gasteiger partial charge < -0.3 is 15.0 Å². The molecule has 3 fully saturated rings. The summed E-state index contributed by atoms with van der Waals surface area (Å²) in [7, 11) is 0. The number of nitrogens with one attached hydrogen (secondary N) is 1. The summed E-state index contributed by atoms with van der Waals surface area (Å²) in [5.74, 6) is 0.418. The molecule has 3 aliphatic rings. The number of rotatable bonds is 5. The second-order valence-corrected chi connectivity index (χ2v) is 8.35. The number of ether oxygens (including phenoxy) is 1. The summed E-state index contributed by atoms with van der Waals surface area (Å²) >= 11 is 0. The van der Waals surface area contributed by atoms with E-state index < -0.39 is 5.82 Å². The zero-order valence-electron chi connectivity index (χ0n) is 16.5. The van der Waals surface area contributed by atoms with Crippen LogP contribution >= 0.6 is 0 Å². The normalized spacial score (nSPS) is 29.9. The summed E-state index contributed by atoms with van der Waals surface area (Å²) in [6, 6.07) is 6.08. The summed E-state index contributed by atoms with van der Waals surface area (Å²) in [5.41, 5.74) is 1.03. The number of anilines is 1. The number of carbonyl (C=O) groups is 1. The smallest absolute Gasteiger partial charge is 0.254 e. The van der Waals surface area contributed by atoms with Gasteiger partial charge >= 0.3 is 0 Å². The number of halogens is 1. The van der Waals surface area contributed by atoms with E-state index in [9.17, 15) is 9.18 Å². The summed E-state index contributed by atoms with van der Waals surface area (Å²) in [6.07, 6.45) is 6.88. The van der Waals surface area contributed by atoms with Crippen molar-refractivity contribution in [2.75, 3.05) is 24.5 Å². The molecule has 6 nitrogen and oxygen atoms in total. The molecule has 3 saturated heterocycles. The van der Waals surface area contributed by atoms with Gasteiger partial charge in [0.15, 0.2) is 0 Å². The van der Waals surface area contributed by atoms with E-state index in [-0.39, 0.29) is 29.1 Å². The van der Waals surface area contributed by atoms with Crippen LogP contribution in [0.15, 0.2) is 36.7 Å². The number of hydrogen-bond acceptors (Lipinski definition) is 5. The molecule has 7 heteroatoms. The number of fused-ring (bicyclic) bond motifs is 1. The second kappa shape index (κ2) is 7.06. The Morgan fingerprint density at radius 3 is 2.90 bits per heavy atom. The molecule has 0 saturated carbocycles. The van der Waals surface area contributed by atoms with Crippen LogP contribution < -0.4 is 10.2 Å². The van der Waals surface area contributed by atoms with Crippen LogP contribution in [0, 0.1) is 17.7 Å². The first-order valence-electron chi connectivity index (χ1n) is 10.4. The van der Waals surface area contributed by atoms with E-state index in [1.807, 2.05) is 12.4 Å². The molecular weight excluding hydrogens is 371 g/mol. The first-order valence-corrected chi connectivity index (χ1v) is 10.4. The van der Waals surface area contributed by atoms with E-state index in [1.54, 1.807) is 12.1 Å². The lowest BCUT2D eigenvalue weighted by Crippen LogP contribution is -2.42. The lowest BCUT2D eigenvalue weighted by atomic mass is 9.73. The monoisotopic (exact) mass is 396 g/mol. The molecule has 1 spiro atoms. The van der Waals surface area contributed by atoms with Crippen molar-refractivity contribution in [1.29, 1.82) is 0 Å². The average Bonchev–Trinajstić information content (AvgIpc) is 3.41. The van der Waals surface area contributed by atoms with Crippen LogP contribution in [0.2, 0.25) is 0 Å². The molecule has 1 amide bonds. The van der Waals surface area contributed by atoms with Gasteiger partial charge in [-0.05, 0) is 37.0 Å². The standard InChI is InChI=1S/C22H25FN4O2/c1-2-14-9-25-21(26-10-14)27-12-17-16(19-7-8-22(17,13-27)29-19)11-24-20(28)15-5-3-4-6-18(15)23/h3-6,9-10,16-17,19H,2,7-8,11-13H2,1H3,(H,24,28)/t16-,17+,19+,22+/m0/s1. The number of nitrogens with zero attached hydrogens (tertiary/aromatic N) is 3. The third kappa shape index (κ3) is 3.08. The number of carbonyl (C=O) groups excluding carboxylic acids is 1. The van der Waals surface area contributed by atoms with Gasteiger partial charge in [0.05, 0.1) is 23.8 Å². The molecule has 2 bridgehead atoms. The molecule has 0 unspecified atom stereocenters. The molecule has 1 N–H and O–H groups in total. The molecule has 3 aliphatic heterocycles. The van der Waals surface area contributed by atoms with Crippen molar-refractivity contribution in [3.8, 4) is 0 Å². The van der Waals surface area contributed by atoms with Crippen LogP contribution in [0.3, 0.4) is 0 Å². The Morgan fingerprint density at radius 2 is 2.14 bits per heavy atom. The fraction of sp³-hybridized carbons (Fsp3) is 0.500. The van der Waals surface area contributed by atoms with Gasteiger partial charge in [-0.25, -0.2) is 14.4 Å². The Hall–Kier alpha value is -2.54. The highest BCUT2D eigenvalue weighted by molar-refractivity contribution is 5.94. The zero-order chi connectivity index (χ0) is 20.0. The Balaban J connectivity index is 1.29. The highest BCUT2D eigenvalue weighted by Gasteiger charge is 2.63. The van der Waals surface area contributed by atoms with E-state index in [4.69, 9.17) is 4.74 Å². The quantitative estimate of drug-likeness (QED) is 0.842. The fourth-order valence-electron chi connectivity index (χ4n) is 5.26. The first-order chi connectivity index (χ1) is 14.1. The van der Waals surface area contributed by atoms with Crippen LogP contribution in [0.5, 0.6) is 0 Å². The molecule has 152 valence electrons. The first kappa shape index (κ1) is 18.5. The number of aromatic nitrogens is 2. The number of aryl methyl sites for hydroxylation is 1. The largest absolute Gasteiger partial charge is 0.369 e. The van der Waals surface area contributed by atoms with Crippen LogP contribution in [0.25, 0.3) is 0 Å². The van der Waals surface area contributed by atoms with Crippen molar-refractivity contribution in [3.05, 3.63) is 53.6 Å². The Kier molecular flexibility index (Phi) is 4.50. The molecule has 0 radical (unpaired) electrons. The molecular formula is C22H25FN4O2. The summed E-state index contributed by atoms with van der Waals surface area (Å²) in [6.45, 7) is 4.19. The molecule has 1 aromatic heterocycles. The van der Waals surface area contributed by atoms with Gasteiger partial charge in [0.25, 0.3) is 5.91 Å². The average molecular weight is 396 g/mol. The SMILES string of the molecule is CCc1cnc(N2C[C@@H]3[C@H](CNC(=O)c4ccccc4F)[C@H]4CC[C@]3(C2)O4)nc1. The summed E-state index contributed by atoms with van der Waals surface area (Å²) in [5, 5.41) is 2.94. The fourth-order valence-corrected chi connectivity index (χ4v) is 5.26. The van der Waals surface area contributed by atoms with Crippen molar-refractivity contribution >= 4 is 11.9 Å². The zero-order valence-corrected chi connectivity index (χ0v) is 16.5. The van der Waals surface area contributed by atoms with Crippen LogP contribution in [-0.2, 0) is 11.2 Å². The van der Waals surface area contributed by atoms with E-state index >= 15 is 0 Å². The Morgan fingerprint density at radius 1 is 1.34 bits per heavy atom. The van der Waals surface area contributed by atoms with Crippen LogP contribution in [-0.4, -0.2) is 47.2 Å². The minimum Gasteiger partial charge on any atom is -0.369 e. The lowest BCUT2D eigenvalue weighted by Gasteiger charge is -2.29. The molecule has 4 heterocycles. The predicted octanol–water partition coefficient (Wildman–Crippen LogP) is 2.59. The van der Waals surface area contributed by atoms with Crippen molar-refractivity contribution < 1.29 is 13.9 Å². The number of benzene rings is 1. The maximum absolute atomic E-state index is 13.9. The van der Waals surface area contributed by atoms with Crippen LogP contribution in [0.4, 0.5) is 10.3 Å². The van der Waals surface area contributed by atoms with Crippen LogP contribution in [0.1, 0.15) is 35.7 Å². The number of hydrogen-bond donors (Lipinski definition) is 1. The van der Waals surface area contributed by atoms with E-state index in [2.05, 4.69) is 27.1 Å². The van der Waals surface area contributed by atoms with Gasteiger partial charge in [-0.1, -0.05) is 19.1 Å². The van der Waals surface area contributed by atoms with Gasteiger partial charge in [-0.3, -0.25) is 4.79 Å². The van der Waals surface area contributed by atoms with Gasteiger partial charge in [0.2, 0.25) is 5.95 Å². The van der Waals surface area contributed by atoms with Gasteiger partial charge in [0, 0.05) is 37.3 Å². The molecule has 5 rings (SSSR count). The third-order valence-corrected chi connectivity index (χ3v) is 6.78. The van der Waals surface area contributed by atoms with E-state index in [0.29, 0.717) is 12.5 Å². The minimum absolute atomic E-state index is 0.0868. The molecule has 4 atom stereocenters. The number of amides is 1. The third-order valence-electron chi connectivity index (χ3n) is 6.78. The minimum atomic E-state index is -0.495. The molecule has 0 aliphatic carbocycles. The van der Waals surface area contributed by atoms with Gasteiger partial charge in [0.1, 0.15) is 5.82 Å². The second-order valence-electron chi connectivity index (χ2n) is 8.35. The highest BCUT2D eigenvalue weighted by Crippen LogP contribution is 2.54. The highest BCUT2D eigenvalue weighted by atomic mass is 19.1. The van der Waals surface area contributed by atoms with Crippen molar-refractivity contribution in [1.82, 2.24) is 15.3 Å². The lowest BCUT2D eigenvalue weighted by molar-refractivity contribution is 0.0141. The molecule has 2 aromatic rings. The Bertz CT molecular complexity index is 921. The van der Waals surface area contributed by atoms with Gasteiger partial charge in [-0.2, -0.15) is 0 Å². The van der Waals surface area contributed by atoms with Crippen molar-refractivity contribution in [2.45, 2.75) is 37.9 Å².